The maximum absolute atomic E-state index is 12.4. The molecule has 0 radical (unpaired) electrons. The van der Waals surface area contributed by atoms with E-state index in [4.69, 9.17) is 4.74 Å². The van der Waals surface area contributed by atoms with E-state index < -0.39 is 11.6 Å². The van der Waals surface area contributed by atoms with E-state index in [2.05, 4.69) is 19.2 Å². The van der Waals surface area contributed by atoms with E-state index in [1.54, 1.807) is 9.80 Å². The normalized spacial score (nSPS) is 22.4. The molecule has 0 unspecified atom stereocenters. The van der Waals surface area contributed by atoms with E-state index in [1.165, 1.54) is 0 Å². The van der Waals surface area contributed by atoms with Crippen LogP contribution in [0.1, 0.15) is 33.1 Å². The Labute approximate surface area is 152 Å². The maximum atomic E-state index is 12.4. The van der Waals surface area contributed by atoms with Crippen molar-refractivity contribution in [2.24, 2.45) is 5.92 Å². The molecule has 0 atom stereocenters. The van der Waals surface area contributed by atoms with Gasteiger partial charge in [0.1, 0.15) is 12.1 Å². The van der Waals surface area contributed by atoms with Crippen molar-refractivity contribution in [1.82, 2.24) is 20.0 Å². The van der Waals surface area contributed by atoms with Crippen molar-refractivity contribution in [1.29, 1.82) is 0 Å². The number of ether oxygens (including phenoxy) is 1. The second kappa shape index (κ2) is 7.13. The number of likely N-dealkylation sites (tertiary alicyclic amines) is 1. The van der Waals surface area contributed by atoms with Crippen LogP contribution in [-0.2, 0) is 14.3 Å². The quantitative estimate of drug-likeness (QED) is 0.710. The van der Waals surface area contributed by atoms with Crippen LogP contribution in [0.5, 0.6) is 0 Å². The third-order valence-electron chi connectivity index (χ3n) is 5.28. The number of rotatable bonds is 5. The number of nitrogens with one attached hydrogen (secondary N) is 1. The van der Waals surface area contributed by atoms with Crippen molar-refractivity contribution < 1.29 is 23.9 Å². The van der Waals surface area contributed by atoms with Crippen LogP contribution in [0.2, 0.25) is 0 Å². The summed E-state index contributed by atoms with van der Waals surface area (Å²) in [5.41, 5.74) is -0.522. The zero-order chi connectivity index (χ0) is 18.9. The molecule has 1 spiro atoms. The topological polar surface area (TPSA) is 99.3 Å². The van der Waals surface area contributed by atoms with Gasteiger partial charge < -0.3 is 19.9 Å². The third kappa shape index (κ3) is 3.76. The summed E-state index contributed by atoms with van der Waals surface area (Å²) in [6.45, 7) is 6.09. The molecule has 9 nitrogen and oxygen atoms in total. The van der Waals surface area contributed by atoms with Crippen LogP contribution in [0.15, 0.2) is 0 Å². The predicted octanol–water partition coefficient (Wildman–Crippen LogP) is 0.398. The van der Waals surface area contributed by atoms with Gasteiger partial charge in [-0.25, -0.2) is 9.59 Å². The fraction of sp³-hybridized carbons (Fsp3) is 0.765. The van der Waals surface area contributed by atoms with E-state index in [0.29, 0.717) is 44.9 Å². The lowest BCUT2D eigenvalue weighted by molar-refractivity contribution is -0.139. The first-order valence-corrected chi connectivity index (χ1v) is 9.13. The van der Waals surface area contributed by atoms with Gasteiger partial charge in [0.25, 0.3) is 5.91 Å². The van der Waals surface area contributed by atoms with Crippen molar-refractivity contribution >= 4 is 23.9 Å². The van der Waals surface area contributed by atoms with E-state index in [1.807, 2.05) is 0 Å². The highest BCUT2D eigenvalue weighted by atomic mass is 16.6. The Morgan fingerprint density at radius 2 is 1.92 bits per heavy atom. The van der Waals surface area contributed by atoms with Gasteiger partial charge >= 0.3 is 12.1 Å². The predicted molar refractivity (Wildman–Crippen MR) is 91.2 cm³/mol. The number of carbonyl (C=O) groups is 4. The smallest absolute Gasteiger partial charge is 0.410 e. The van der Waals surface area contributed by atoms with E-state index in [0.717, 1.165) is 11.3 Å². The van der Waals surface area contributed by atoms with Crippen LogP contribution in [0.25, 0.3) is 0 Å². The minimum absolute atomic E-state index is 0.0581. The molecule has 3 heterocycles. The molecular weight excluding hydrogens is 340 g/mol. The van der Waals surface area contributed by atoms with E-state index in [9.17, 15) is 19.2 Å². The van der Waals surface area contributed by atoms with Gasteiger partial charge in [-0.1, -0.05) is 13.8 Å². The van der Waals surface area contributed by atoms with Crippen LogP contribution >= 0.6 is 0 Å². The molecule has 3 saturated heterocycles. The van der Waals surface area contributed by atoms with Crippen molar-refractivity contribution in [2.75, 3.05) is 39.3 Å². The van der Waals surface area contributed by atoms with Crippen LogP contribution in [0.4, 0.5) is 9.59 Å². The Hall–Kier alpha value is -2.32. The molecule has 26 heavy (non-hydrogen) atoms. The van der Waals surface area contributed by atoms with Gasteiger partial charge in [-0.15, -0.1) is 0 Å². The monoisotopic (exact) mass is 366 g/mol. The summed E-state index contributed by atoms with van der Waals surface area (Å²) in [6, 6.07) is -0.526. The number of amides is 5. The van der Waals surface area contributed by atoms with Crippen LogP contribution in [0, 0.1) is 5.92 Å². The first-order valence-electron chi connectivity index (χ1n) is 9.13. The average Bonchev–Trinajstić information content (AvgIpc) is 3.07. The van der Waals surface area contributed by atoms with Gasteiger partial charge in [-0.3, -0.25) is 14.5 Å². The molecular formula is C17H26N4O5. The van der Waals surface area contributed by atoms with Crippen molar-refractivity contribution in [3.63, 3.8) is 0 Å². The first-order chi connectivity index (χ1) is 12.3. The minimum Gasteiger partial charge on any atom is -0.441 e. The van der Waals surface area contributed by atoms with Crippen molar-refractivity contribution in [3.8, 4) is 0 Å². The molecule has 3 rings (SSSR count). The number of piperidine rings is 1. The number of hydrogen-bond donors (Lipinski definition) is 1. The number of nitrogens with zero attached hydrogens (tertiary/aromatic N) is 3. The lowest BCUT2D eigenvalue weighted by Gasteiger charge is -2.37. The number of urea groups is 1. The largest absolute Gasteiger partial charge is 0.441 e. The fourth-order valence-electron chi connectivity index (χ4n) is 3.55. The van der Waals surface area contributed by atoms with E-state index >= 15 is 0 Å². The third-order valence-corrected chi connectivity index (χ3v) is 5.28. The SMILES string of the molecule is CC(C)CCN1CC2(CCN(C(=O)CN3C(=O)CNC3=O)CC2)OC1=O. The molecule has 3 aliphatic heterocycles. The molecule has 5 amide bonds. The Kier molecular flexibility index (Phi) is 5.06. The lowest BCUT2D eigenvalue weighted by Crippen LogP contribution is -2.51. The van der Waals surface area contributed by atoms with E-state index in [-0.39, 0.29) is 31.0 Å². The molecule has 0 aromatic heterocycles. The van der Waals surface area contributed by atoms with Gasteiger partial charge in [0.2, 0.25) is 5.91 Å². The summed E-state index contributed by atoms with van der Waals surface area (Å²) < 4.78 is 5.65. The highest BCUT2D eigenvalue weighted by Crippen LogP contribution is 2.33. The average molecular weight is 366 g/mol. The highest BCUT2D eigenvalue weighted by molar-refractivity contribution is 6.04. The summed E-state index contributed by atoms with van der Waals surface area (Å²) in [6.07, 6.45) is 1.80. The minimum atomic E-state index is -0.526. The molecule has 1 N–H and O–H groups in total. The van der Waals surface area contributed by atoms with Gasteiger partial charge in [-0.05, 0) is 12.3 Å². The highest BCUT2D eigenvalue weighted by Gasteiger charge is 2.47. The number of hydrogen-bond acceptors (Lipinski definition) is 5. The van der Waals surface area contributed by atoms with Crippen molar-refractivity contribution in [3.05, 3.63) is 0 Å². The summed E-state index contributed by atoms with van der Waals surface area (Å²) in [4.78, 5) is 52.0. The second-order valence-electron chi connectivity index (χ2n) is 7.67. The molecule has 3 aliphatic rings. The molecule has 144 valence electrons. The van der Waals surface area contributed by atoms with Gasteiger partial charge in [-0.2, -0.15) is 0 Å². The Morgan fingerprint density at radius 1 is 1.23 bits per heavy atom. The second-order valence-corrected chi connectivity index (χ2v) is 7.67. The first kappa shape index (κ1) is 18.5. The molecule has 9 heteroatoms. The Bertz CT molecular complexity index is 596. The molecule has 0 aliphatic carbocycles. The number of carbonyl (C=O) groups excluding carboxylic acids is 4. The summed E-state index contributed by atoms with van der Waals surface area (Å²) in [5.74, 6) is -0.127. The molecule has 0 aromatic carbocycles. The standard InChI is InChI=1S/C17H26N4O5/c1-12(2)3-6-20-11-17(26-16(20)25)4-7-19(8-5-17)14(23)10-21-13(22)9-18-15(21)24/h12H,3-11H2,1-2H3,(H,18,24). The maximum Gasteiger partial charge on any atom is 0.410 e. The molecule has 0 aromatic rings. The summed E-state index contributed by atoms with van der Waals surface area (Å²) >= 11 is 0. The fourth-order valence-corrected chi connectivity index (χ4v) is 3.55. The zero-order valence-corrected chi connectivity index (χ0v) is 15.3. The molecule has 3 fully saturated rings. The lowest BCUT2D eigenvalue weighted by atomic mass is 9.91. The summed E-state index contributed by atoms with van der Waals surface area (Å²) in [7, 11) is 0. The van der Waals surface area contributed by atoms with Crippen LogP contribution < -0.4 is 5.32 Å². The van der Waals surface area contributed by atoms with Crippen LogP contribution in [0.3, 0.4) is 0 Å². The molecule has 0 saturated carbocycles. The van der Waals surface area contributed by atoms with Gasteiger partial charge in [0.15, 0.2) is 0 Å². The zero-order valence-electron chi connectivity index (χ0n) is 15.3. The summed E-state index contributed by atoms with van der Waals surface area (Å²) in [5, 5.41) is 2.40. The van der Waals surface area contributed by atoms with Crippen molar-refractivity contribution in [2.45, 2.75) is 38.7 Å². The Morgan fingerprint density at radius 3 is 2.50 bits per heavy atom. The molecule has 0 bridgehead atoms. The van der Waals surface area contributed by atoms with Gasteiger partial charge in [0.05, 0.1) is 13.1 Å². The van der Waals surface area contributed by atoms with Crippen LogP contribution in [-0.4, -0.2) is 83.5 Å². The van der Waals surface area contributed by atoms with Gasteiger partial charge in [0, 0.05) is 32.5 Å². The Balaban J connectivity index is 1.51. The number of imide groups is 1.